The van der Waals surface area contributed by atoms with Crippen LogP contribution in [-0.2, 0) is 6.42 Å². The van der Waals surface area contributed by atoms with Gasteiger partial charge in [-0.05, 0) is 5.92 Å². The van der Waals surface area contributed by atoms with Gasteiger partial charge in [-0.15, -0.1) is 0 Å². The van der Waals surface area contributed by atoms with E-state index in [0.29, 0.717) is 12.0 Å². The Bertz CT molecular complexity index is 485. The largest absolute Gasteiger partial charge is 0.309 e. The van der Waals surface area contributed by atoms with Gasteiger partial charge in [-0.1, -0.05) is 25.2 Å². The highest BCUT2D eigenvalue weighted by atomic mass is 32.1. The van der Waals surface area contributed by atoms with Crippen molar-refractivity contribution in [1.29, 1.82) is 0 Å². The predicted molar refractivity (Wildman–Crippen MR) is 60.1 cm³/mol. The lowest BCUT2D eigenvalue weighted by atomic mass is 9.97. The molecule has 2 aromatic rings. The molecule has 0 radical (unpaired) electrons. The minimum Gasteiger partial charge on any atom is -0.309 e. The zero-order chi connectivity index (χ0) is 10.4. The molecule has 1 aliphatic rings. The first kappa shape index (κ1) is 9.30. The summed E-state index contributed by atoms with van der Waals surface area (Å²) in [5.41, 5.74) is 1.35. The molecule has 1 atom stereocenters. The zero-order valence-corrected chi connectivity index (χ0v) is 9.71. The molecule has 0 saturated carbocycles. The van der Waals surface area contributed by atoms with Crippen LogP contribution < -0.4 is 5.32 Å². The van der Waals surface area contributed by atoms with Crippen LogP contribution in [0.1, 0.15) is 30.5 Å². The minimum absolute atomic E-state index is 0.474. The summed E-state index contributed by atoms with van der Waals surface area (Å²) in [6.07, 6.45) is 2.69. The standard InChI is InChI=1S/C10H14N4S/c1-6(2)8-9-7(3-4-11-8)14-10(15-9)12-5-13-14/h5-6,8,11H,3-4H2,1-2H3. The van der Waals surface area contributed by atoms with E-state index in [1.54, 1.807) is 17.7 Å². The van der Waals surface area contributed by atoms with Crippen LogP contribution in [0.5, 0.6) is 0 Å². The lowest BCUT2D eigenvalue weighted by molar-refractivity contribution is 0.397. The van der Waals surface area contributed by atoms with Crippen LogP contribution in [0.25, 0.3) is 4.96 Å². The Hall–Kier alpha value is -0.940. The second-order valence-corrected chi connectivity index (χ2v) is 5.30. The number of fused-ring (bicyclic) bond motifs is 3. The number of hydrogen-bond donors (Lipinski definition) is 1. The monoisotopic (exact) mass is 222 g/mol. The van der Waals surface area contributed by atoms with Crippen molar-refractivity contribution in [2.45, 2.75) is 26.3 Å². The summed E-state index contributed by atoms with van der Waals surface area (Å²) in [6, 6.07) is 0.474. The first-order chi connectivity index (χ1) is 7.27. The van der Waals surface area contributed by atoms with Crippen molar-refractivity contribution >= 4 is 16.3 Å². The van der Waals surface area contributed by atoms with E-state index in [2.05, 4.69) is 29.2 Å². The maximum Gasteiger partial charge on any atom is 0.212 e. The highest BCUT2D eigenvalue weighted by Crippen LogP contribution is 2.34. The highest BCUT2D eigenvalue weighted by molar-refractivity contribution is 7.17. The minimum atomic E-state index is 0.474. The molecule has 0 aliphatic carbocycles. The molecule has 1 aliphatic heterocycles. The van der Waals surface area contributed by atoms with Gasteiger partial charge in [0, 0.05) is 23.9 Å². The number of thiazole rings is 1. The van der Waals surface area contributed by atoms with E-state index in [4.69, 9.17) is 0 Å². The Balaban J connectivity index is 2.18. The Kier molecular flexibility index (Phi) is 2.03. The molecule has 3 rings (SSSR count). The summed E-state index contributed by atoms with van der Waals surface area (Å²) in [5, 5.41) is 7.84. The normalized spacial score (nSPS) is 21.1. The van der Waals surface area contributed by atoms with Gasteiger partial charge in [0.05, 0.1) is 5.69 Å². The SMILES string of the molecule is CC(C)C1NCCc2c1sc1ncnn21. The summed E-state index contributed by atoms with van der Waals surface area (Å²) in [6.45, 7) is 5.55. The summed E-state index contributed by atoms with van der Waals surface area (Å²) in [5.74, 6) is 0.618. The topological polar surface area (TPSA) is 42.2 Å². The van der Waals surface area contributed by atoms with Crippen molar-refractivity contribution in [2.24, 2.45) is 5.92 Å². The van der Waals surface area contributed by atoms with Gasteiger partial charge in [0.15, 0.2) is 0 Å². The average Bonchev–Trinajstić information content (AvgIpc) is 2.75. The molecule has 1 N–H and O–H groups in total. The van der Waals surface area contributed by atoms with Gasteiger partial charge >= 0.3 is 0 Å². The van der Waals surface area contributed by atoms with Crippen molar-refractivity contribution in [3.05, 3.63) is 16.9 Å². The van der Waals surface area contributed by atoms with Crippen molar-refractivity contribution < 1.29 is 0 Å². The molecule has 3 heterocycles. The van der Waals surface area contributed by atoms with Crippen LogP contribution in [0.15, 0.2) is 6.33 Å². The summed E-state index contributed by atoms with van der Waals surface area (Å²) in [4.78, 5) is 6.71. The van der Waals surface area contributed by atoms with E-state index >= 15 is 0 Å². The van der Waals surface area contributed by atoms with Crippen molar-refractivity contribution in [3.63, 3.8) is 0 Å². The van der Waals surface area contributed by atoms with Crippen LogP contribution >= 0.6 is 11.3 Å². The fourth-order valence-electron chi connectivity index (χ4n) is 2.20. The molecule has 0 bridgehead atoms. The van der Waals surface area contributed by atoms with Gasteiger partial charge in [0.25, 0.3) is 0 Å². The molecule has 4 nitrogen and oxygen atoms in total. The van der Waals surface area contributed by atoms with Crippen molar-refractivity contribution in [2.75, 3.05) is 6.54 Å². The third kappa shape index (κ3) is 1.30. The molecule has 80 valence electrons. The second kappa shape index (κ2) is 3.28. The lowest BCUT2D eigenvalue weighted by Crippen LogP contribution is -2.32. The Morgan fingerprint density at radius 1 is 1.60 bits per heavy atom. The van der Waals surface area contributed by atoms with E-state index < -0.39 is 0 Å². The van der Waals surface area contributed by atoms with Gasteiger partial charge in [0.1, 0.15) is 6.33 Å². The van der Waals surface area contributed by atoms with E-state index in [0.717, 1.165) is 17.9 Å². The van der Waals surface area contributed by atoms with Crippen LogP contribution in [0, 0.1) is 5.92 Å². The molecule has 5 heteroatoms. The van der Waals surface area contributed by atoms with Crippen LogP contribution in [0.3, 0.4) is 0 Å². The number of nitrogens with one attached hydrogen (secondary N) is 1. The van der Waals surface area contributed by atoms with Crippen LogP contribution in [0.4, 0.5) is 0 Å². The molecular formula is C10H14N4S. The first-order valence-corrected chi connectivity index (χ1v) is 6.13. The fraction of sp³-hybridized carbons (Fsp3) is 0.600. The fourth-order valence-corrected chi connectivity index (χ4v) is 3.53. The molecule has 0 fully saturated rings. The summed E-state index contributed by atoms with van der Waals surface area (Å²) >= 11 is 1.77. The van der Waals surface area contributed by atoms with Gasteiger partial charge < -0.3 is 5.32 Å². The first-order valence-electron chi connectivity index (χ1n) is 5.32. The van der Waals surface area contributed by atoms with Gasteiger partial charge in [-0.3, -0.25) is 0 Å². The summed E-state index contributed by atoms with van der Waals surface area (Å²) in [7, 11) is 0. The van der Waals surface area contributed by atoms with Gasteiger partial charge in [-0.2, -0.15) is 5.10 Å². The van der Waals surface area contributed by atoms with E-state index in [-0.39, 0.29) is 0 Å². The van der Waals surface area contributed by atoms with Crippen LogP contribution in [-0.4, -0.2) is 21.1 Å². The molecule has 2 aromatic heterocycles. The molecular weight excluding hydrogens is 208 g/mol. The third-order valence-corrected chi connectivity index (χ3v) is 4.10. The van der Waals surface area contributed by atoms with E-state index in [9.17, 15) is 0 Å². The molecule has 0 saturated heterocycles. The quantitative estimate of drug-likeness (QED) is 0.797. The van der Waals surface area contributed by atoms with Gasteiger partial charge in [0.2, 0.25) is 4.96 Å². The molecule has 1 unspecified atom stereocenters. The molecule has 0 amide bonds. The third-order valence-electron chi connectivity index (χ3n) is 2.93. The Labute approximate surface area is 92.3 Å². The Morgan fingerprint density at radius 2 is 2.47 bits per heavy atom. The Morgan fingerprint density at radius 3 is 3.27 bits per heavy atom. The number of nitrogens with zero attached hydrogens (tertiary/aromatic N) is 3. The number of aromatic nitrogens is 3. The molecule has 15 heavy (non-hydrogen) atoms. The molecule has 0 spiro atoms. The van der Waals surface area contributed by atoms with Crippen molar-refractivity contribution in [1.82, 2.24) is 19.9 Å². The van der Waals surface area contributed by atoms with E-state index in [1.165, 1.54) is 10.6 Å². The smallest absolute Gasteiger partial charge is 0.212 e. The number of rotatable bonds is 1. The lowest BCUT2D eigenvalue weighted by Gasteiger charge is -2.26. The average molecular weight is 222 g/mol. The maximum absolute atomic E-state index is 4.27. The summed E-state index contributed by atoms with van der Waals surface area (Å²) < 4.78 is 2.00. The molecule has 0 aromatic carbocycles. The van der Waals surface area contributed by atoms with Crippen molar-refractivity contribution in [3.8, 4) is 0 Å². The predicted octanol–water partition coefficient (Wildman–Crippen LogP) is 1.63. The zero-order valence-electron chi connectivity index (χ0n) is 8.90. The number of hydrogen-bond acceptors (Lipinski definition) is 4. The second-order valence-electron chi connectivity index (χ2n) is 4.29. The van der Waals surface area contributed by atoms with Gasteiger partial charge in [-0.25, -0.2) is 9.50 Å². The maximum atomic E-state index is 4.27. The van der Waals surface area contributed by atoms with Crippen LogP contribution in [0.2, 0.25) is 0 Å². The van der Waals surface area contributed by atoms with E-state index in [1.807, 2.05) is 4.52 Å². The highest BCUT2D eigenvalue weighted by Gasteiger charge is 2.27.